The van der Waals surface area contributed by atoms with Crippen molar-refractivity contribution in [2.24, 2.45) is 0 Å². The molecule has 0 atom stereocenters. The summed E-state index contributed by atoms with van der Waals surface area (Å²) in [6.45, 7) is 5.98. The van der Waals surface area contributed by atoms with Crippen LogP contribution in [0.4, 0.5) is 0 Å². The molecule has 1 amide bonds. The maximum absolute atomic E-state index is 12.6. The first-order valence-electron chi connectivity index (χ1n) is 8.23. The third-order valence-electron chi connectivity index (χ3n) is 4.13. The van der Waals surface area contributed by atoms with Gasteiger partial charge < -0.3 is 4.90 Å². The zero-order valence-electron chi connectivity index (χ0n) is 14.0. The number of hydrogen-bond acceptors (Lipinski definition) is 3. The van der Waals surface area contributed by atoms with Gasteiger partial charge in [-0.05, 0) is 25.3 Å². The Balaban J connectivity index is 2.00. The van der Waals surface area contributed by atoms with E-state index in [9.17, 15) is 13.2 Å². The Kier molecular flexibility index (Phi) is 6.18. The van der Waals surface area contributed by atoms with Crippen molar-refractivity contribution < 1.29 is 13.2 Å². The molecule has 128 valence electrons. The van der Waals surface area contributed by atoms with E-state index in [1.54, 1.807) is 4.90 Å². The molecule has 23 heavy (non-hydrogen) atoms. The lowest BCUT2D eigenvalue weighted by molar-refractivity contribution is -0.131. The van der Waals surface area contributed by atoms with Crippen molar-refractivity contribution in [2.75, 3.05) is 26.2 Å². The molecule has 1 aliphatic rings. The first kappa shape index (κ1) is 17.9. The Labute approximate surface area is 139 Å². The largest absolute Gasteiger partial charge is 0.341 e. The van der Waals surface area contributed by atoms with Crippen molar-refractivity contribution >= 4 is 15.9 Å². The minimum Gasteiger partial charge on any atom is -0.341 e. The van der Waals surface area contributed by atoms with Gasteiger partial charge in [0, 0.05) is 32.6 Å². The lowest BCUT2D eigenvalue weighted by Crippen LogP contribution is -2.37. The van der Waals surface area contributed by atoms with E-state index >= 15 is 0 Å². The van der Waals surface area contributed by atoms with E-state index in [1.165, 1.54) is 4.31 Å². The van der Waals surface area contributed by atoms with Crippen LogP contribution in [0.5, 0.6) is 0 Å². The third kappa shape index (κ3) is 5.04. The van der Waals surface area contributed by atoms with Crippen LogP contribution in [0, 0.1) is 6.92 Å². The van der Waals surface area contributed by atoms with Gasteiger partial charge in [-0.3, -0.25) is 4.79 Å². The summed E-state index contributed by atoms with van der Waals surface area (Å²) in [5.41, 5.74) is 1.92. The maximum atomic E-state index is 12.6. The van der Waals surface area contributed by atoms with E-state index in [-0.39, 0.29) is 11.7 Å². The molecule has 1 aliphatic heterocycles. The van der Waals surface area contributed by atoms with Crippen LogP contribution in [-0.4, -0.2) is 49.7 Å². The Bertz CT molecular complexity index is 626. The number of nitrogens with zero attached hydrogens (tertiary/aromatic N) is 2. The zero-order chi connectivity index (χ0) is 16.9. The highest BCUT2D eigenvalue weighted by molar-refractivity contribution is 7.88. The van der Waals surface area contributed by atoms with Crippen LogP contribution in [0.3, 0.4) is 0 Å². The van der Waals surface area contributed by atoms with E-state index in [4.69, 9.17) is 0 Å². The Morgan fingerprint density at radius 3 is 2.43 bits per heavy atom. The highest BCUT2D eigenvalue weighted by Gasteiger charge is 2.26. The summed E-state index contributed by atoms with van der Waals surface area (Å²) in [5.74, 6) is 0.154. The molecule has 0 N–H and O–H groups in total. The molecule has 2 rings (SSSR count). The molecule has 1 aromatic rings. The van der Waals surface area contributed by atoms with Crippen molar-refractivity contribution in [1.29, 1.82) is 0 Å². The molecule has 6 heteroatoms. The van der Waals surface area contributed by atoms with Crippen LogP contribution < -0.4 is 0 Å². The second-order valence-electron chi connectivity index (χ2n) is 6.13. The van der Waals surface area contributed by atoms with Crippen LogP contribution >= 0.6 is 0 Å². The van der Waals surface area contributed by atoms with Crippen LogP contribution in [0.1, 0.15) is 37.3 Å². The van der Waals surface area contributed by atoms with Crippen molar-refractivity contribution in [3.05, 3.63) is 35.4 Å². The fraction of sp³-hybridized carbons (Fsp3) is 0.588. The van der Waals surface area contributed by atoms with E-state index in [2.05, 4.69) is 0 Å². The molecule has 1 heterocycles. The summed E-state index contributed by atoms with van der Waals surface area (Å²) in [5, 5.41) is 0. The molecule has 1 fully saturated rings. The molecular weight excluding hydrogens is 312 g/mol. The second kappa shape index (κ2) is 7.93. The minimum absolute atomic E-state index is 0.0240. The van der Waals surface area contributed by atoms with Crippen LogP contribution in [0.15, 0.2) is 24.3 Å². The molecule has 0 aliphatic carbocycles. The van der Waals surface area contributed by atoms with Gasteiger partial charge >= 0.3 is 0 Å². The average molecular weight is 338 g/mol. The summed E-state index contributed by atoms with van der Waals surface area (Å²) in [4.78, 5) is 13.8. The van der Waals surface area contributed by atoms with Gasteiger partial charge in [-0.15, -0.1) is 0 Å². The van der Waals surface area contributed by atoms with Crippen LogP contribution in [0.25, 0.3) is 0 Å². The minimum atomic E-state index is -3.34. The Morgan fingerprint density at radius 2 is 1.78 bits per heavy atom. The van der Waals surface area contributed by atoms with Gasteiger partial charge in [0.25, 0.3) is 0 Å². The molecule has 1 saturated heterocycles. The SMILES string of the molecule is CCCC(=O)N1CCCN(S(=O)(=O)Cc2ccc(C)cc2)CC1. The number of aryl methyl sites for hydroxylation is 1. The summed E-state index contributed by atoms with van der Waals surface area (Å²) < 4.78 is 26.8. The van der Waals surface area contributed by atoms with E-state index < -0.39 is 10.0 Å². The first-order chi connectivity index (χ1) is 10.9. The number of carbonyl (C=O) groups excluding carboxylic acids is 1. The van der Waals surface area contributed by atoms with Gasteiger partial charge in [0.1, 0.15) is 0 Å². The fourth-order valence-electron chi connectivity index (χ4n) is 2.78. The van der Waals surface area contributed by atoms with Gasteiger partial charge in [0.2, 0.25) is 15.9 Å². The van der Waals surface area contributed by atoms with Gasteiger partial charge in [-0.1, -0.05) is 36.8 Å². The highest BCUT2D eigenvalue weighted by atomic mass is 32.2. The number of benzene rings is 1. The van der Waals surface area contributed by atoms with Gasteiger partial charge in [-0.2, -0.15) is 4.31 Å². The van der Waals surface area contributed by atoms with E-state index in [0.717, 1.165) is 17.5 Å². The Morgan fingerprint density at radius 1 is 1.09 bits per heavy atom. The van der Waals surface area contributed by atoms with Crippen molar-refractivity contribution in [2.45, 2.75) is 38.9 Å². The lowest BCUT2D eigenvalue weighted by atomic mass is 10.2. The lowest BCUT2D eigenvalue weighted by Gasteiger charge is -2.22. The number of sulfonamides is 1. The predicted octanol–water partition coefficient (Wildman–Crippen LogP) is 2.16. The van der Waals surface area contributed by atoms with Crippen molar-refractivity contribution in [3.63, 3.8) is 0 Å². The molecule has 0 spiro atoms. The second-order valence-corrected chi connectivity index (χ2v) is 8.09. The molecule has 0 saturated carbocycles. The highest BCUT2D eigenvalue weighted by Crippen LogP contribution is 2.15. The Hall–Kier alpha value is -1.40. The molecule has 0 bridgehead atoms. The average Bonchev–Trinajstić information content (AvgIpc) is 2.76. The predicted molar refractivity (Wildman–Crippen MR) is 91.5 cm³/mol. The number of carbonyl (C=O) groups is 1. The summed E-state index contributed by atoms with van der Waals surface area (Å²) in [6.07, 6.45) is 2.06. The molecule has 5 nitrogen and oxygen atoms in total. The topological polar surface area (TPSA) is 57.7 Å². The van der Waals surface area contributed by atoms with Crippen molar-refractivity contribution in [1.82, 2.24) is 9.21 Å². The number of hydrogen-bond donors (Lipinski definition) is 0. The normalized spacial score (nSPS) is 17.0. The van der Waals surface area contributed by atoms with Gasteiger partial charge in [-0.25, -0.2) is 8.42 Å². The quantitative estimate of drug-likeness (QED) is 0.827. The number of rotatable bonds is 5. The van der Waals surface area contributed by atoms with Gasteiger partial charge in [0.05, 0.1) is 5.75 Å². The molecule has 0 unspecified atom stereocenters. The fourth-order valence-corrected chi connectivity index (χ4v) is 4.34. The maximum Gasteiger partial charge on any atom is 0.222 e. The van der Waals surface area contributed by atoms with Gasteiger partial charge in [0.15, 0.2) is 0 Å². The standard InChI is InChI=1S/C17H26N2O3S/c1-3-5-17(20)18-10-4-11-19(13-12-18)23(21,22)14-16-8-6-15(2)7-9-16/h6-9H,3-5,10-14H2,1-2H3. The van der Waals surface area contributed by atoms with Crippen LogP contribution in [0.2, 0.25) is 0 Å². The summed E-state index contributed by atoms with van der Waals surface area (Å²) in [7, 11) is -3.34. The summed E-state index contributed by atoms with van der Waals surface area (Å²) in [6, 6.07) is 7.58. The molecule has 1 aromatic carbocycles. The molecular formula is C17H26N2O3S. The van der Waals surface area contributed by atoms with E-state index in [0.29, 0.717) is 39.0 Å². The van der Waals surface area contributed by atoms with E-state index in [1.807, 2.05) is 38.1 Å². The zero-order valence-corrected chi connectivity index (χ0v) is 14.8. The first-order valence-corrected chi connectivity index (χ1v) is 9.84. The number of amides is 1. The third-order valence-corrected chi connectivity index (χ3v) is 5.98. The monoisotopic (exact) mass is 338 g/mol. The summed E-state index contributed by atoms with van der Waals surface area (Å²) >= 11 is 0. The van der Waals surface area contributed by atoms with Crippen LogP contribution in [-0.2, 0) is 20.6 Å². The smallest absolute Gasteiger partial charge is 0.222 e. The molecule has 0 radical (unpaired) electrons. The van der Waals surface area contributed by atoms with Crippen molar-refractivity contribution in [3.8, 4) is 0 Å². The molecule has 0 aromatic heterocycles.